The number of halogens is 4. The number of ether oxygens (including phenoxy) is 1. The van der Waals surface area contributed by atoms with Crippen LogP contribution in [0.25, 0.3) is 0 Å². The Balaban J connectivity index is 0.00000225. The summed E-state index contributed by atoms with van der Waals surface area (Å²) >= 11 is 0. The van der Waals surface area contributed by atoms with Gasteiger partial charge in [-0.3, -0.25) is 0 Å². The number of rotatable bonds is 4. The average molecular weight is 256 g/mol. The van der Waals surface area contributed by atoms with Crippen molar-refractivity contribution in [2.24, 2.45) is 0 Å². The van der Waals surface area contributed by atoms with Gasteiger partial charge in [-0.2, -0.15) is 13.2 Å². The van der Waals surface area contributed by atoms with Crippen LogP contribution in [0.3, 0.4) is 0 Å². The molecule has 0 aliphatic carbocycles. The van der Waals surface area contributed by atoms with Gasteiger partial charge >= 0.3 is 6.18 Å². The van der Waals surface area contributed by atoms with Crippen molar-refractivity contribution in [2.75, 3.05) is 13.7 Å². The quantitative estimate of drug-likeness (QED) is 0.893. The highest BCUT2D eigenvalue weighted by molar-refractivity contribution is 5.85. The highest BCUT2D eigenvalue weighted by Gasteiger charge is 2.28. The first kappa shape index (κ1) is 15.1. The van der Waals surface area contributed by atoms with Gasteiger partial charge in [0.25, 0.3) is 0 Å². The fourth-order valence-electron chi connectivity index (χ4n) is 1.07. The van der Waals surface area contributed by atoms with Gasteiger partial charge in [0.1, 0.15) is 5.75 Å². The van der Waals surface area contributed by atoms with Gasteiger partial charge in [-0.15, -0.1) is 12.4 Å². The van der Waals surface area contributed by atoms with E-state index in [1.807, 2.05) is 0 Å². The van der Waals surface area contributed by atoms with E-state index in [2.05, 4.69) is 10.1 Å². The Labute approximate surface area is 98.2 Å². The smallest absolute Gasteiger partial charge is 0.422 e. The SMILES string of the molecule is CNCc1ccc(OCC(F)(F)F)cc1.Cl. The first-order valence-corrected chi connectivity index (χ1v) is 4.44. The molecule has 0 fully saturated rings. The van der Waals surface area contributed by atoms with Gasteiger partial charge in [-0.1, -0.05) is 12.1 Å². The minimum absolute atomic E-state index is 0. The van der Waals surface area contributed by atoms with Crippen LogP contribution in [0.1, 0.15) is 5.56 Å². The summed E-state index contributed by atoms with van der Waals surface area (Å²) in [5.74, 6) is 0.229. The lowest BCUT2D eigenvalue weighted by atomic mass is 10.2. The first-order chi connectivity index (χ1) is 7.01. The van der Waals surface area contributed by atoms with Crippen LogP contribution in [0.5, 0.6) is 5.75 Å². The lowest BCUT2D eigenvalue weighted by Crippen LogP contribution is -2.19. The molecule has 16 heavy (non-hydrogen) atoms. The maximum atomic E-state index is 11.8. The summed E-state index contributed by atoms with van der Waals surface area (Å²) in [5, 5.41) is 2.94. The van der Waals surface area contributed by atoms with E-state index in [0.29, 0.717) is 6.54 Å². The van der Waals surface area contributed by atoms with Crippen molar-refractivity contribution < 1.29 is 17.9 Å². The highest BCUT2D eigenvalue weighted by atomic mass is 35.5. The molecular formula is C10H13ClF3NO. The molecule has 0 saturated heterocycles. The molecule has 0 unspecified atom stereocenters. The second-order valence-corrected chi connectivity index (χ2v) is 3.08. The van der Waals surface area contributed by atoms with Crippen molar-refractivity contribution in [3.63, 3.8) is 0 Å². The van der Waals surface area contributed by atoms with Crippen LogP contribution in [-0.4, -0.2) is 19.8 Å². The van der Waals surface area contributed by atoms with Crippen molar-refractivity contribution in [1.29, 1.82) is 0 Å². The predicted molar refractivity (Wildman–Crippen MR) is 58.0 cm³/mol. The molecule has 0 aliphatic heterocycles. The maximum Gasteiger partial charge on any atom is 0.422 e. The van der Waals surface area contributed by atoms with E-state index in [1.165, 1.54) is 12.1 Å². The third-order valence-electron chi connectivity index (χ3n) is 1.71. The summed E-state index contributed by atoms with van der Waals surface area (Å²) in [6, 6.07) is 6.50. The fraction of sp³-hybridized carbons (Fsp3) is 0.400. The van der Waals surface area contributed by atoms with E-state index >= 15 is 0 Å². The number of hydrogen-bond donors (Lipinski definition) is 1. The molecule has 1 rings (SSSR count). The van der Waals surface area contributed by atoms with Gasteiger partial charge in [0, 0.05) is 6.54 Å². The van der Waals surface area contributed by atoms with Gasteiger partial charge in [0.2, 0.25) is 0 Å². The molecule has 0 saturated carbocycles. The molecule has 0 spiro atoms. The van der Waals surface area contributed by atoms with E-state index in [0.717, 1.165) is 5.56 Å². The first-order valence-electron chi connectivity index (χ1n) is 4.44. The molecule has 0 aliphatic rings. The summed E-state index contributed by atoms with van der Waals surface area (Å²) in [4.78, 5) is 0. The largest absolute Gasteiger partial charge is 0.484 e. The topological polar surface area (TPSA) is 21.3 Å². The lowest BCUT2D eigenvalue weighted by molar-refractivity contribution is -0.153. The zero-order valence-electron chi connectivity index (χ0n) is 8.67. The Hall–Kier alpha value is -0.940. The molecule has 2 nitrogen and oxygen atoms in total. The summed E-state index contributed by atoms with van der Waals surface area (Å²) in [5.41, 5.74) is 0.997. The number of nitrogens with one attached hydrogen (secondary N) is 1. The maximum absolute atomic E-state index is 11.8. The van der Waals surface area contributed by atoms with Crippen molar-refractivity contribution in [1.82, 2.24) is 5.32 Å². The molecule has 1 aromatic rings. The number of alkyl halides is 3. The molecule has 0 radical (unpaired) electrons. The van der Waals surface area contributed by atoms with E-state index in [1.54, 1.807) is 19.2 Å². The molecule has 0 bridgehead atoms. The van der Waals surface area contributed by atoms with Gasteiger partial charge in [-0.05, 0) is 24.7 Å². The average Bonchev–Trinajstić information content (AvgIpc) is 2.16. The second kappa shape index (κ2) is 6.60. The Bertz CT molecular complexity index is 300. The van der Waals surface area contributed by atoms with Crippen molar-refractivity contribution >= 4 is 12.4 Å². The van der Waals surface area contributed by atoms with Gasteiger partial charge < -0.3 is 10.1 Å². The molecule has 0 heterocycles. The molecular weight excluding hydrogens is 243 g/mol. The molecule has 0 amide bonds. The summed E-state index contributed by atoms with van der Waals surface area (Å²) in [7, 11) is 1.80. The fourth-order valence-corrected chi connectivity index (χ4v) is 1.07. The zero-order valence-corrected chi connectivity index (χ0v) is 9.49. The Kier molecular flexibility index (Phi) is 6.21. The predicted octanol–water partition coefficient (Wildman–Crippen LogP) is 2.77. The van der Waals surface area contributed by atoms with E-state index in [4.69, 9.17) is 0 Å². The van der Waals surface area contributed by atoms with Crippen LogP contribution >= 0.6 is 12.4 Å². The van der Waals surface area contributed by atoms with Crippen LogP contribution in [-0.2, 0) is 6.54 Å². The minimum atomic E-state index is -4.29. The van der Waals surface area contributed by atoms with Gasteiger partial charge in [-0.25, -0.2) is 0 Å². The normalized spacial score (nSPS) is 10.8. The molecule has 6 heteroatoms. The zero-order chi connectivity index (χ0) is 11.3. The minimum Gasteiger partial charge on any atom is -0.484 e. The van der Waals surface area contributed by atoms with Crippen LogP contribution in [0.2, 0.25) is 0 Å². The summed E-state index contributed by atoms with van der Waals surface area (Å²) < 4.78 is 40.0. The van der Waals surface area contributed by atoms with Crippen LogP contribution < -0.4 is 10.1 Å². The third-order valence-corrected chi connectivity index (χ3v) is 1.71. The highest BCUT2D eigenvalue weighted by Crippen LogP contribution is 2.18. The van der Waals surface area contributed by atoms with E-state index in [9.17, 15) is 13.2 Å². The molecule has 0 aromatic heterocycles. The van der Waals surface area contributed by atoms with Crippen LogP contribution in [0, 0.1) is 0 Å². The van der Waals surface area contributed by atoms with Crippen LogP contribution in [0.15, 0.2) is 24.3 Å². The molecule has 0 atom stereocenters. The number of benzene rings is 1. The Morgan fingerprint density at radius 1 is 1.19 bits per heavy atom. The Morgan fingerprint density at radius 3 is 2.19 bits per heavy atom. The monoisotopic (exact) mass is 255 g/mol. The molecule has 1 aromatic carbocycles. The van der Waals surface area contributed by atoms with Gasteiger partial charge in [0.15, 0.2) is 6.61 Å². The van der Waals surface area contributed by atoms with Crippen molar-refractivity contribution in [2.45, 2.75) is 12.7 Å². The number of hydrogen-bond acceptors (Lipinski definition) is 2. The van der Waals surface area contributed by atoms with Crippen LogP contribution in [0.4, 0.5) is 13.2 Å². The Morgan fingerprint density at radius 2 is 1.75 bits per heavy atom. The van der Waals surface area contributed by atoms with Crippen molar-refractivity contribution in [3.8, 4) is 5.75 Å². The van der Waals surface area contributed by atoms with Crippen molar-refractivity contribution in [3.05, 3.63) is 29.8 Å². The molecule has 1 N–H and O–H groups in total. The summed E-state index contributed by atoms with van der Waals surface area (Å²) in [6.07, 6.45) is -4.29. The van der Waals surface area contributed by atoms with Gasteiger partial charge in [0.05, 0.1) is 0 Å². The second-order valence-electron chi connectivity index (χ2n) is 3.08. The summed E-state index contributed by atoms with van der Waals surface area (Å²) in [6.45, 7) is -0.572. The lowest BCUT2D eigenvalue weighted by Gasteiger charge is -2.09. The van der Waals surface area contributed by atoms with E-state index in [-0.39, 0.29) is 18.2 Å². The third kappa shape index (κ3) is 5.82. The van der Waals surface area contributed by atoms with E-state index < -0.39 is 12.8 Å². The standard InChI is InChI=1S/C10H12F3NO.ClH/c1-14-6-8-2-4-9(5-3-8)15-7-10(11,12)13;/h2-5,14H,6-7H2,1H3;1H. The molecule has 92 valence electrons.